The van der Waals surface area contributed by atoms with Gasteiger partial charge in [0.15, 0.2) is 0 Å². The number of benzene rings is 7. The molecule has 0 amide bonds. The summed E-state index contributed by atoms with van der Waals surface area (Å²) >= 11 is 0. The molecule has 0 saturated heterocycles. The normalized spacial score (nSPS) is 18.4. The summed E-state index contributed by atoms with van der Waals surface area (Å²) in [6.07, 6.45) is -28.6. The Hall–Kier alpha value is -7.29. The van der Waals surface area contributed by atoms with Crippen LogP contribution in [0.15, 0.2) is 193 Å². The van der Waals surface area contributed by atoms with Crippen molar-refractivity contribution >= 4 is 41.3 Å². The van der Waals surface area contributed by atoms with Crippen molar-refractivity contribution in [2.75, 3.05) is 0 Å². The zero-order valence-corrected chi connectivity index (χ0v) is 60.4. The standard InChI is InChI=1S/C37H46NO3P.C32H12BF24.C8H12.Ir/c1-29-35(38-36(40-29)32-21-11-4-12-22-32)37(27-30-17-7-2-8-18-30,28-31-19-9-3-10-20-31)41-42(39,33-23-13-5-14-24-33)34-25-15-6-16-26-34;34-25(35,36)13-1-14(26(37,38)39)6-21(5-13)33(22-7-15(27(40,41)42)2-16(8-22)28(43,44)45,23-9-17(29(46,47)48)3-18(10-23)30(49,50)51)24-11-19(31(52,53)54)4-20(12-24)32(55,56)57;1-2-4-6-8-7-5-3-1;/h2-4,7-12,17-22,29,33-35H,5-6,13-16,23-28H2,1H3;1-12H;1-2,7-8H,3-6H2;/q;-1;;/b;;2-1-,8-7-;/t29-,35+;;;/m1.../s1. The van der Waals surface area contributed by atoms with Crippen LogP contribution in [0, 0.1) is 0 Å². The van der Waals surface area contributed by atoms with E-state index in [4.69, 9.17) is 14.3 Å². The molecular weight excluding hydrogens is 1680 g/mol. The molecule has 2 fully saturated rings. The topological polar surface area (TPSA) is 47.9 Å². The molecule has 2 saturated carbocycles. The van der Waals surface area contributed by atoms with Crippen molar-refractivity contribution in [1.29, 1.82) is 0 Å². The Kier molecular flexibility index (Phi) is 27.3. The molecule has 31 heteroatoms. The van der Waals surface area contributed by atoms with Crippen molar-refractivity contribution in [2.24, 2.45) is 4.99 Å². The molecule has 1 heterocycles. The fourth-order valence-corrected chi connectivity index (χ4v) is 18.5. The van der Waals surface area contributed by atoms with Gasteiger partial charge < -0.3 is 9.26 Å². The third-order valence-corrected chi connectivity index (χ3v) is 23.2. The Bertz CT molecular complexity index is 3760. The van der Waals surface area contributed by atoms with Gasteiger partial charge in [-0.25, -0.2) is 4.99 Å². The molecule has 7 aromatic rings. The van der Waals surface area contributed by atoms with Crippen molar-refractivity contribution in [3.8, 4) is 0 Å². The van der Waals surface area contributed by atoms with Crippen molar-refractivity contribution in [2.45, 2.75) is 188 Å². The first-order valence-corrected chi connectivity index (χ1v) is 35.9. The van der Waals surface area contributed by atoms with Gasteiger partial charge in [0, 0.05) is 49.8 Å². The van der Waals surface area contributed by atoms with E-state index >= 15 is 4.57 Å². The number of nitrogens with zero attached hydrogens (tertiary/aromatic N) is 1. The van der Waals surface area contributed by atoms with Gasteiger partial charge in [-0.05, 0) is 106 Å². The van der Waals surface area contributed by atoms with E-state index in [-0.39, 0.29) is 43.6 Å². The monoisotopic (exact) mass is 1750 g/mol. The van der Waals surface area contributed by atoms with Gasteiger partial charge in [0.25, 0.3) is 0 Å². The molecule has 108 heavy (non-hydrogen) atoms. The fourth-order valence-electron chi connectivity index (χ4n) is 14.6. The molecule has 0 unspecified atom stereocenters. The first-order valence-electron chi connectivity index (χ1n) is 34.2. The molecule has 0 aromatic heterocycles. The van der Waals surface area contributed by atoms with E-state index in [1.54, 1.807) is 0 Å². The van der Waals surface area contributed by atoms with E-state index in [1.165, 1.54) is 49.7 Å². The summed E-state index contributed by atoms with van der Waals surface area (Å²) < 4.78 is 371. The molecule has 0 bridgehead atoms. The van der Waals surface area contributed by atoms with Crippen molar-refractivity contribution in [3.63, 3.8) is 0 Å². The smallest absolute Gasteiger partial charge is 0.416 e. The predicted molar refractivity (Wildman–Crippen MR) is 360 cm³/mol. The summed E-state index contributed by atoms with van der Waals surface area (Å²) in [5, 5.41) is 0. The maximum Gasteiger partial charge on any atom is 0.416 e. The van der Waals surface area contributed by atoms with Crippen LogP contribution in [0.5, 0.6) is 0 Å². The van der Waals surface area contributed by atoms with E-state index < -0.39 is 208 Å². The molecule has 0 N–H and O–H groups in total. The molecule has 4 nitrogen and oxygen atoms in total. The fraction of sp³-hybridized carbons (Fsp3) is 0.390. The van der Waals surface area contributed by atoms with Gasteiger partial charge in [-0.2, -0.15) is 127 Å². The Morgan fingerprint density at radius 3 is 0.880 bits per heavy atom. The average Bonchev–Trinajstić information content (AvgIpc) is 0.802. The SMILES string of the molecule is C1=C\CC/C=C\CC/1.C[C@H]1OC(c2ccccc2)=N[C@@H]1C(Cc1ccccc1)(Cc1ccccc1)OP(=O)(C1CCCCC1)C1CCCCC1.FC(F)(F)c1cc([B-](c2cc(C(F)(F)F)cc(C(F)(F)F)c2)(c2cc(C(F)(F)F)cc(C(F)(F)F)c2)c2cc(C(F)(F)F)cc(C(F)(F)F)c2)cc(C(F)(F)F)c1.[Ir]. The number of alkyl halides is 24. The van der Waals surface area contributed by atoms with Crippen LogP contribution in [0.4, 0.5) is 105 Å². The molecule has 11 rings (SSSR count). The molecule has 0 spiro atoms. The largest absolute Gasteiger partial charge is 0.472 e. The quantitative estimate of drug-likeness (QED) is 0.0472. The second-order valence-corrected chi connectivity index (χ2v) is 30.0. The summed E-state index contributed by atoms with van der Waals surface area (Å²) in [5.41, 5.74) is -27.4. The van der Waals surface area contributed by atoms with Gasteiger partial charge in [-0.3, -0.25) is 4.57 Å². The van der Waals surface area contributed by atoms with Crippen LogP contribution >= 0.6 is 7.37 Å². The first-order chi connectivity index (χ1) is 49.8. The summed E-state index contributed by atoms with van der Waals surface area (Å²) in [6.45, 7) is 2.12. The number of ether oxygens (including phenoxy) is 1. The first kappa shape index (κ1) is 86.3. The minimum absolute atomic E-state index is 0. The molecule has 587 valence electrons. The van der Waals surface area contributed by atoms with E-state index in [9.17, 15) is 105 Å². The van der Waals surface area contributed by atoms with Gasteiger partial charge in [0.1, 0.15) is 23.9 Å². The Balaban J connectivity index is 0.000000252. The Labute approximate surface area is 620 Å². The maximum absolute atomic E-state index is 15.8. The summed E-state index contributed by atoms with van der Waals surface area (Å²) in [6, 6.07) is 22.3. The predicted octanol–water partition coefficient (Wildman–Crippen LogP) is 23.3. The summed E-state index contributed by atoms with van der Waals surface area (Å²) in [7, 11) is -3.06. The summed E-state index contributed by atoms with van der Waals surface area (Å²) in [5.74, 6) is 0.660. The molecule has 4 aliphatic rings. The molecule has 3 aliphatic carbocycles. The van der Waals surface area contributed by atoms with Crippen LogP contribution in [-0.4, -0.2) is 41.1 Å². The van der Waals surface area contributed by atoms with E-state index in [0.717, 1.165) is 56.9 Å². The average molecular weight is 1750 g/mol. The second kappa shape index (κ2) is 34.1. The molecular formula is C77H70BF24IrNO3P-. The zero-order chi connectivity index (χ0) is 78.4. The molecule has 7 aromatic carbocycles. The third-order valence-electron chi connectivity index (χ3n) is 19.5. The Morgan fingerprint density at radius 1 is 0.380 bits per heavy atom. The van der Waals surface area contributed by atoms with Crippen molar-refractivity contribution in [3.05, 3.63) is 249 Å². The van der Waals surface area contributed by atoms with E-state index in [0.29, 0.717) is 18.7 Å². The minimum Gasteiger partial charge on any atom is -0.472 e. The molecule has 2 atom stereocenters. The minimum atomic E-state index is -6.13. The number of hydrogen-bond donors (Lipinski definition) is 0. The molecule has 1 radical (unpaired) electrons. The van der Waals surface area contributed by atoms with Gasteiger partial charge in [0.2, 0.25) is 13.3 Å². The van der Waals surface area contributed by atoms with Crippen LogP contribution in [0.3, 0.4) is 0 Å². The van der Waals surface area contributed by atoms with Gasteiger partial charge in [-0.1, -0.05) is 190 Å². The van der Waals surface area contributed by atoms with E-state index in [2.05, 4.69) is 104 Å². The summed E-state index contributed by atoms with van der Waals surface area (Å²) in [4.78, 5) is 5.33. The Morgan fingerprint density at radius 2 is 0.630 bits per heavy atom. The van der Waals surface area contributed by atoms with Crippen LogP contribution in [0.1, 0.15) is 158 Å². The van der Waals surface area contributed by atoms with Crippen LogP contribution in [0.25, 0.3) is 0 Å². The number of allylic oxidation sites excluding steroid dienone is 4. The van der Waals surface area contributed by atoms with Gasteiger partial charge in [-0.15, -0.1) is 0 Å². The maximum atomic E-state index is 15.8. The molecule has 1 aliphatic heterocycles. The van der Waals surface area contributed by atoms with Crippen molar-refractivity contribution in [1.82, 2.24) is 0 Å². The van der Waals surface area contributed by atoms with E-state index in [1.807, 2.05) is 18.2 Å². The number of rotatable bonds is 14. The van der Waals surface area contributed by atoms with Gasteiger partial charge >= 0.3 is 49.4 Å². The van der Waals surface area contributed by atoms with Crippen molar-refractivity contribution < 1.29 is 139 Å². The number of halogens is 24. The third kappa shape index (κ3) is 21.2. The second-order valence-electron chi connectivity index (χ2n) is 27.1. The van der Waals surface area contributed by atoms with Crippen LogP contribution in [-0.2, 0) is 96.2 Å². The number of hydrogen-bond acceptors (Lipinski definition) is 4. The van der Waals surface area contributed by atoms with Crippen LogP contribution in [0.2, 0.25) is 0 Å². The van der Waals surface area contributed by atoms with Crippen LogP contribution < -0.4 is 21.9 Å². The number of aliphatic imine (C=N–C) groups is 1. The zero-order valence-electron chi connectivity index (χ0n) is 57.1. The van der Waals surface area contributed by atoms with Gasteiger partial charge in [0.05, 0.1) is 44.5 Å².